The van der Waals surface area contributed by atoms with Crippen LogP contribution in [0.25, 0.3) is 22.0 Å². The minimum atomic E-state index is -0.517. The van der Waals surface area contributed by atoms with E-state index in [9.17, 15) is 4.79 Å². The maximum absolute atomic E-state index is 12.8. The highest BCUT2D eigenvalue weighted by atomic mass is 35.5. The number of nitrogens with zero attached hydrogens (tertiary/aromatic N) is 3. The topological polar surface area (TPSA) is 39.8 Å². The molecule has 0 N–H and O–H groups in total. The van der Waals surface area contributed by atoms with E-state index in [4.69, 9.17) is 18.0 Å². The van der Waals surface area contributed by atoms with E-state index in [1.165, 1.54) is 0 Å². The molecule has 4 nitrogen and oxygen atoms in total. The van der Waals surface area contributed by atoms with Crippen LogP contribution in [0, 0.1) is 12.3 Å². The number of aromatic nitrogens is 3. The fourth-order valence-corrected chi connectivity index (χ4v) is 5.00. The van der Waals surface area contributed by atoms with E-state index in [0.717, 1.165) is 44.4 Å². The summed E-state index contributed by atoms with van der Waals surface area (Å²) < 4.78 is 3.72. The molecule has 172 valence electrons. The lowest BCUT2D eigenvalue weighted by molar-refractivity contribution is 0.626. The maximum Gasteiger partial charge on any atom is 0.251 e. The monoisotopic (exact) mass is 477 g/mol. The number of rotatable bonds is 4. The van der Waals surface area contributed by atoms with Crippen molar-refractivity contribution in [2.75, 3.05) is 0 Å². The first-order chi connectivity index (χ1) is 16.8. The molecule has 0 aliphatic rings. The summed E-state index contributed by atoms with van der Waals surface area (Å²) in [5.74, 6) is 2.69. The first kappa shape index (κ1) is 22.7. The van der Waals surface area contributed by atoms with E-state index in [0.29, 0.717) is 5.02 Å². The smallest absolute Gasteiger partial charge is 0.251 e. The molecule has 0 unspecified atom stereocenters. The fraction of sp³-hybridized carbons (Fsp3) is 0.133. The lowest BCUT2D eigenvalue weighted by Gasteiger charge is -2.32. The van der Waals surface area contributed by atoms with Crippen LogP contribution in [0.3, 0.4) is 0 Å². The molecule has 0 radical (unpaired) electrons. The Morgan fingerprint density at radius 3 is 2.40 bits per heavy atom. The molecular formula is C30H24ClN3O. The number of terminal acetylenes is 1. The summed E-state index contributed by atoms with van der Waals surface area (Å²) in [6.07, 6.45) is 9.36. The van der Waals surface area contributed by atoms with Crippen molar-refractivity contribution >= 4 is 22.5 Å². The predicted octanol–water partition coefficient (Wildman–Crippen LogP) is 5.93. The summed E-state index contributed by atoms with van der Waals surface area (Å²) in [6.45, 7) is 2.19. The summed E-state index contributed by atoms with van der Waals surface area (Å²) in [6, 6.07) is 23.6. The lowest BCUT2D eigenvalue weighted by atomic mass is 9.73. The van der Waals surface area contributed by atoms with Crippen LogP contribution in [0.5, 0.6) is 0 Å². The Morgan fingerprint density at radius 2 is 1.71 bits per heavy atom. The number of aryl methyl sites for hydroxylation is 2. The van der Waals surface area contributed by atoms with Gasteiger partial charge in [-0.25, -0.2) is 4.98 Å². The minimum Gasteiger partial charge on any atom is -0.337 e. The highest BCUT2D eigenvalue weighted by Crippen LogP contribution is 2.41. The molecule has 5 heteroatoms. The molecule has 2 aromatic heterocycles. The Kier molecular flexibility index (Phi) is 5.59. The van der Waals surface area contributed by atoms with E-state index >= 15 is 0 Å². The van der Waals surface area contributed by atoms with Crippen molar-refractivity contribution in [1.82, 2.24) is 14.1 Å². The van der Waals surface area contributed by atoms with Crippen molar-refractivity contribution in [2.45, 2.75) is 12.3 Å². The molecule has 0 amide bonds. The zero-order chi connectivity index (χ0) is 24.7. The third-order valence-corrected chi connectivity index (χ3v) is 7.17. The molecule has 0 saturated carbocycles. The molecule has 1 atom stereocenters. The second-order valence-corrected chi connectivity index (χ2v) is 9.37. The van der Waals surface area contributed by atoms with Gasteiger partial charge in [0.1, 0.15) is 0 Å². The second kappa shape index (κ2) is 8.61. The van der Waals surface area contributed by atoms with Crippen molar-refractivity contribution in [1.29, 1.82) is 0 Å². The van der Waals surface area contributed by atoms with E-state index in [1.54, 1.807) is 17.7 Å². The van der Waals surface area contributed by atoms with E-state index in [1.807, 2.05) is 66.6 Å². The van der Waals surface area contributed by atoms with Gasteiger partial charge in [0.05, 0.1) is 23.0 Å². The first-order valence-corrected chi connectivity index (χ1v) is 11.6. The van der Waals surface area contributed by atoms with Crippen LogP contribution in [0.15, 0.2) is 90.1 Å². The number of halogens is 1. The molecule has 0 aliphatic heterocycles. The van der Waals surface area contributed by atoms with E-state index in [-0.39, 0.29) is 5.56 Å². The third kappa shape index (κ3) is 3.75. The molecule has 5 rings (SSSR count). The Balaban J connectivity index is 1.84. The number of pyridine rings is 1. The van der Waals surface area contributed by atoms with Crippen LogP contribution in [-0.4, -0.2) is 14.1 Å². The molecule has 3 aromatic carbocycles. The Bertz CT molecular complexity index is 1670. The average Bonchev–Trinajstić information content (AvgIpc) is 3.32. The van der Waals surface area contributed by atoms with Crippen LogP contribution in [0.1, 0.15) is 29.3 Å². The summed E-state index contributed by atoms with van der Waals surface area (Å²) in [5.41, 5.74) is 6.00. The van der Waals surface area contributed by atoms with Gasteiger partial charge in [0.2, 0.25) is 0 Å². The molecule has 2 heterocycles. The van der Waals surface area contributed by atoms with Crippen molar-refractivity contribution in [3.63, 3.8) is 0 Å². The summed E-state index contributed by atoms with van der Waals surface area (Å²) in [5, 5.41) is 1.66. The molecule has 35 heavy (non-hydrogen) atoms. The summed E-state index contributed by atoms with van der Waals surface area (Å²) >= 11 is 6.22. The Hall–Kier alpha value is -4.07. The van der Waals surface area contributed by atoms with Crippen molar-refractivity contribution < 1.29 is 0 Å². The number of fused-ring (bicyclic) bond motifs is 1. The molecule has 0 aliphatic carbocycles. The van der Waals surface area contributed by atoms with Crippen LogP contribution >= 0.6 is 11.6 Å². The summed E-state index contributed by atoms with van der Waals surface area (Å²) in [4.78, 5) is 17.2. The SMILES string of the molecule is C#Cc1cccc(-c2cc(=O)n(C)c3ccc([C@](C)(c4ccc(Cl)cc4)c4cncn4C)cc23)c1. The Morgan fingerprint density at radius 1 is 0.971 bits per heavy atom. The summed E-state index contributed by atoms with van der Waals surface area (Å²) in [7, 11) is 3.80. The average molecular weight is 478 g/mol. The van der Waals surface area contributed by atoms with Gasteiger partial charge in [0, 0.05) is 42.3 Å². The number of hydrogen-bond acceptors (Lipinski definition) is 2. The zero-order valence-electron chi connectivity index (χ0n) is 19.8. The normalized spacial score (nSPS) is 12.9. The van der Waals surface area contributed by atoms with Gasteiger partial charge in [-0.15, -0.1) is 6.42 Å². The molecule has 0 fully saturated rings. The number of hydrogen-bond donors (Lipinski definition) is 0. The highest BCUT2D eigenvalue weighted by Gasteiger charge is 2.34. The van der Waals surface area contributed by atoms with Crippen LogP contribution in [0.4, 0.5) is 0 Å². The molecule has 0 saturated heterocycles. The van der Waals surface area contributed by atoms with E-state index < -0.39 is 5.41 Å². The minimum absolute atomic E-state index is 0.0709. The van der Waals surface area contributed by atoms with Gasteiger partial charge in [0.15, 0.2) is 0 Å². The quantitative estimate of drug-likeness (QED) is 0.301. The van der Waals surface area contributed by atoms with Gasteiger partial charge in [-0.2, -0.15) is 0 Å². The van der Waals surface area contributed by atoms with Crippen LogP contribution in [0.2, 0.25) is 5.02 Å². The standard InChI is InChI=1S/C30H24ClN3O/c1-5-20-7-6-8-21(15-20)25-17-29(35)34(4)27-14-11-23(16-26(25)27)30(2,28-18-32-19-33(28)3)22-9-12-24(31)13-10-22/h1,6-19H,2-4H3/t30-/m0/s1. The van der Waals surface area contributed by atoms with Gasteiger partial charge < -0.3 is 9.13 Å². The predicted molar refractivity (Wildman–Crippen MR) is 143 cm³/mol. The molecular weight excluding hydrogens is 454 g/mol. The second-order valence-electron chi connectivity index (χ2n) is 8.93. The third-order valence-electron chi connectivity index (χ3n) is 6.91. The van der Waals surface area contributed by atoms with Crippen LogP contribution in [-0.2, 0) is 19.5 Å². The van der Waals surface area contributed by atoms with Crippen molar-refractivity contribution in [2.24, 2.45) is 14.1 Å². The largest absolute Gasteiger partial charge is 0.337 e. The van der Waals surface area contributed by atoms with E-state index in [2.05, 4.69) is 42.1 Å². The highest BCUT2D eigenvalue weighted by molar-refractivity contribution is 6.30. The molecule has 0 bridgehead atoms. The van der Waals surface area contributed by atoms with Gasteiger partial charge in [-0.05, 0) is 65.6 Å². The number of imidazole rings is 1. The molecule has 0 spiro atoms. The fourth-order valence-electron chi connectivity index (χ4n) is 4.87. The van der Waals surface area contributed by atoms with Crippen molar-refractivity contribution in [3.05, 3.63) is 123 Å². The van der Waals surface area contributed by atoms with Crippen LogP contribution < -0.4 is 5.56 Å². The van der Waals surface area contributed by atoms with Gasteiger partial charge in [-0.1, -0.05) is 47.9 Å². The zero-order valence-corrected chi connectivity index (χ0v) is 20.5. The van der Waals surface area contributed by atoms with Gasteiger partial charge in [0.25, 0.3) is 5.56 Å². The first-order valence-electron chi connectivity index (χ1n) is 11.3. The maximum atomic E-state index is 12.8. The lowest BCUT2D eigenvalue weighted by Crippen LogP contribution is -2.28. The van der Waals surface area contributed by atoms with Crippen molar-refractivity contribution in [3.8, 4) is 23.5 Å². The van der Waals surface area contributed by atoms with Gasteiger partial charge >= 0.3 is 0 Å². The Labute approximate surface area is 209 Å². The van der Waals surface area contributed by atoms with Gasteiger partial charge in [-0.3, -0.25) is 4.79 Å². The molecule has 5 aromatic rings. The number of benzene rings is 3.